The van der Waals surface area contributed by atoms with Crippen LogP contribution in [-0.2, 0) is 26.2 Å². The molecule has 40 heavy (non-hydrogen) atoms. The van der Waals surface area contributed by atoms with Gasteiger partial charge in [-0.1, -0.05) is 54.4 Å². The van der Waals surface area contributed by atoms with Gasteiger partial charge in [0.1, 0.15) is 18.4 Å². The molecule has 0 aliphatic carbocycles. The van der Waals surface area contributed by atoms with Crippen molar-refractivity contribution in [3.8, 4) is 0 Å². The monoisotopic (exact) mass is 587 g/mol. The Balaban J connectivity index is 2.06. The molecule has 0 aliphatic heterocycles. The normalized spacial score (nSPS) is 12.9. The topological polar surface area (TPSA) is 86.8 Å². The summed E-state index contributed by atoms with van der Waals surface area (Å²) in [6, 6.07) is 15.7. The van der Waals surface area contributed by atoms with Crippen LogP contribution in [0, 0.1) is 19.7 Å². The number of carbonyl (C=O) groups excluding carboxylic acids is 2. The summed E-state index contributed by atoms with van der Waals surface area (Å²) in [6.45, 7) is 8.33. The quantitative estimate of drug-likeness (QED) is 0.315. The summed E-state index contributed by atoms with van der Waals surface area (Å²) in [5, 5.41) is 3.19. The highest BCUT2D eigenvalue weighted by molar-refractivity contribution is 7.92. The van der Waals surface area contributed by atoms with E-state index < -0.39 is 34.3 Å². The molecule has 0 radical (unpaired) electrons. The molecule has 10 heteroatoms. The lowest BCUT2D eigenvalue weighted by Gasteiger charge is -2.33. The number of nitrogens with one attached hydrogen (secondary N) is 1. The summed E-state index contributed by atoms with van der Waals surface area (Å²) >= 11 is 6.25. The molecule has 2 atom stereocenters. The van der Waals surface area contributed by atoms with Crippen LogP contribution in [0.1, 0.15) is 43.9 Å². The zero-order valence-corrected chi connectivity index (χ0v) is 24.9. The van der Waals surface area contributed by atoms with E-state index in [9.17, 15) is 22.4 Å². The molecule has 0 saturated carbocycles. The van der Waals surface area contributed by atoms with Crippen LogP contribution in [0.5, 0.6) is 0 Å². The number of halogens is 2. The molecule has 0 spiro atoms. The standard InChI is InChI=1S/C30H35ClFN3O4S/c1-6-22(4)33-30(37)23(5)34(18-24-10-13-26(32)14-11-24)29(36)19-35(28-17-25(31)12-9-21(28)3)40(38,39)27-15-7-20(2)8-16-27/h7-17,22-23H,6,18-19H2,1-5H3,(H,33,37)/t22-,23-/m1/s1. The summed E-state index contributed by atoms with van der Waals surface area (Å²) in [7, 11) is -4.21. The highest BCUT2D eigenvalue weighted by Gasteiger charge is 2.33. The van der Waals surface area contributed by atoms with E-state index in [2.05, 4.69) is 5.32 Å². The number of anilines is 1. The summed E-state index contributed by atoms with van der Waals surface area (Å²) < 4.78 is 42.5. The van der Waals surface area contributed by atoms with E-state index in [1.54, 1.807) is 38.1 Å². The highest BCUT2D eigenvalue weighted by atomic mass is 35.5. The maximum atomic E-state index is 14.0. The molecule has 0 saturated heterocycles. The zero-order chi connectivity index (χ0) is 29.6. The molecule has 0 aliphatic rings. The summed E-state index contributed by atoms with van der Waals surface area (Å²) in [6.07, 6.45) is 0.695. The number of aryl methyl sites for hydroxylation is 2. The lowest BCUT2D eigenvalue weighted by molar-refractivity contribution is -0.139. The van der Waals surface area contributed by atoms with Gasteiger partial charge in [0.25, 0.3) is 10.0 Å². The van der Waals surface area contributed by atoms with E-state index in [0.717, 1.165) is 9.87 Å². The van der Waals surface area contributed by atoms with Gasteiger partial charge in [0, 0.05) is 17.6 Å². The number of benzene rings is 3. The first kappa shape index (κ1) is 31.1. The third kappa shape index (κ3) is 7.61. The molecule has 0 aromatic heterocycles. The largest absolute Gasteiger partial charge is 0.352 e. The van der Waals surface area contributed by atoms with Gasteiger partial charge in [0.05, 0.1) is 10.6 Å². The lowest BCUT2D eigenvalue weighted by atomic mass is 10.1. The van der Waals surface area contributed by atoms with Gasteiger partial charge in [-0.2, -0.15) is 0 Å². The fourth-order valence-electron chi connectivity index (χ4n) is 4.04. The van der Waals surface area contributed by atoms with Crippen molar-refractivity contribution in [3.05, 3.63) is 94.3 Å². The highest BCUT2D eigenvalue weighted by Crippen LogP contribution is 2.30. The Labute approximate surface area is 241 Å². The Kier molecular flexibility index (Phi) is 10.3. The average molecular weight is 588 g/mol. The molecular weight excluding hydrogens is 553 g/mol. The first-order valence-corrected chi connectivity index (χ1v) is 14.8. The van der Waals surface area contributed by atoms with E-state index in [0.29, 0.717) is 22.6 Å². The van der Waals surface area contributed by atoms with Crippen LogP contribution in [-0.4, -0.2) is 43.8 Å². The Morgan fingerprint density at radius 2 is 1.60 bits per heavy atom. The number of hydrogen-bond donors (Lipinski definition) is 1. The summed E-state index contributed by atoms with van der Waals surface area (Å²) in [5.74, 6) is -1.42. The minimum atomic E-state index is -4.21. The van der Waals surface area contributed by atoms with Crippen molar-refractivity contribution >= 4 is 39.1 Å². The second-order valence-corrected chi connectivity index (χ2v) is 12.2. The minimum absolute atomic E-state index is 0.0120. The molecule has 2 amide bonds. The van der Waals surface area contributed by atoms with Crippen LogP contribution in [0.25, 0.3) is 0 Å². The van der Waals surface area contributed by atoms with Crippen LogP contribution < -0.4 is 9.62 Å². The fraction of sp³-hybridized carbons (Fsp3) is 0.333. The van der Waals surface area contributed by atoms with E-state index in [1.165, 1.54) is 47.4 Å². The molecule has 7 nitrogen and oxygen atoms in total. The number of carbonyl (C=O) groups is 2. The van der Waals surface area contributed by atoms with Crippen LogP contribution in [0.15, 0.2) is 71.6 Å². The molecule has 0 bridgehead atoms. The van der Waals surface area contributed by atoms with Gasteiger partial charge in [-0.3, -0.25) is 13.9 Å². The smallest absolute Gasteiger partial charge is 0.264 e. The van der Waals surface area contributed by atoms with Crippen LogP contribution >= 0.6 is 11.6 Å². The number of sulfonamides is 1. The number of rotatable bonds is 11. The molecule has 3 aromatic carbocycles. The van der Waals surface area contributed by atoms with E-state index in [1.807, 2.05) is 20.8 Å². The van der Waals surface area contributed by atoms with Gasteiger partial charge in [0.15, 0.2) is 0 Å². The van der Waals surface area contributed by atoms with Gasteiger partial charge < -0.3 is 10.2 Å². The summed E-state index contributed by atoms with van der Waals surface area (Å²) in [5.41, 5.74) is 2.32. The van der Waals surface area contributed by atoms with E-state index in [4.69, 9.17) is 11.6 Å². The van der Waals surface area contributed by atoms with E-state index in [-0.39, 0.29) is 29.1 Å². The molecule has 3 aromatic rings. The SMILES string of the molecule is CC[C@@H](C)NC(=O)[C@@H](C)N(Cc1ccc(F)cc1)C(=O)CN(c1cc(Cl)ccc1C)S(=O)(=O)c1ccc(C)cc1. The number of amides is 2. The maximum absolute atomic E-state index is 14.0. The number of hydrogen-bond acceptors (Lipinski definition) is 4. The molecule has 0 heterocycles. The lowest BCUT2D eigenvalue weighted by Crippen LogP contribution is -2.52. The van der Waals surface area contributed by atoms with Gasteiger partial charge in [0.2, 0.25) is 11.8 Å². The Morgan fingerprint density at radius 1 is 0.975 bits per heavy atom. The van der Waals surface area contributed by atoms with Gasteiger partial charge in [-0.25, -0.2) is 12.8 Å². The van der Waals surface area contributed by atoms with Crippen LogP contribution in [0.3, 0.4) is 0 Å². The van der Waals surface area contributed by atoms with Crippen molar-refractivity contribution in [2.24, 2.45) is 0 Å². The Morgan fingerprint density at radius 3 is 2.20 bits per heavy atom. The van der Waals surface area contributed by atoms with E-state index >= 15 is 0 Å². The molecule has 1 N–H and O–H groups in total. The fourth-order valence-corrected chi connectivity index (χ4v) is 5.67. The van der Waals surface area contributed by atoms with Crippen molar-refractivity contribution in [1.82, 2.24) is 10.2 Å². The Bertz CT molecular complexity index is 1450. The zero-order valence-electron chi connectivity index (χ0n) is 23.3. The maximum Gasteiger partial charge on any atom is 0.264 e. The van der Waals surface area contributed by atoms with Crippen molar-refractivity contribution in [3.63, 3.8) is 0 Å². The van der Waals surface area contributed by atoms with Crippen molar-refractivity contribution in [1.29, 1.82) is 0 Å². The second kappa shape index (κ2) is 13.3. The van der Waals surface area contributed by atoms with Crippen LogP contribution in [0.4, 0.5) is 10.1 Å². The molecular formula is C30H35ClFN3O4S. The predicted octanol–water partition coefficient (Wildman–Crippen LogP) is 5.62. The van der Waals surface area contributed by atoms with Gasteiger partial charge in [-0.05, 0) is 81.6 Å². The van der Waals surface area contributed by atoms with Crippen molar-refractivity contribution < 1.29 is 22.4 Å². The second-order valence-electron chi connectivity index (χ2n) is 9.90. The molecule has 3 rings (SSSR count). The number of nitrogens with zero attached hydrogens (tertiary/aromatic N) is 2. The first-order chi connectivity index (χ1) is 18.8. The molecule has 0 unspecified atom stereocenters. The third-order valence-corrected chi connectivity index (χ3v) is 8.77. The molecule has 214 valence electrons. The molecule has 0 fully saturated rings. The van der Waals surface area contributed by atoms with Gasteiger partial charge in [-0.15, -0.1) is 0 Å². The van der Waals surface area contributed by atoms with Crippen molar-refractivity contribution in [2.45, 2.75) is 64.6 Å². The van der Waals surface area contributed by atoms with Crippen molar-refractivity contribution in [2.75, 3.05) is 10.8 Å². The Hall–Kier alpha value is -3.43. The third-order valence-electron chi connectivity index (χ3n) is 6.76. The average Bonchev–Trinajstić information content (AvgIpc) is 2.92. The summed E-state index contributed by atoms with van der Waals surface area (Å²) in [4.78, 5) is 28.4. The van der Waals surface area contributed by atoms with Crippen LogP contribution in [0.2, 0.25) is 5.02 Å². The predicted molar refractivity (Wildman–Crippen MR) is 156 cm³/mol. The minimum Gasteiger partial charge on any atom is -0.352 e. The first-order valence-electron chi connectivity index (χ1n) is 13.0. The van der Waals surface area contributed by atoms with Gasteiger partial charge >= 0.3 is 0 Å².